The van der Waals surface area contributed by atoms with Gasteiger partial charge in [-0.15, -0.1) is 0 Å². The monoisotopic (exact) mass is 273 g/mol. The molecule has 0 atom stereocenters. The van der Waals surface area contributed by atoms with Crippen LogP contribution in [-0.4, -0.2) is 48.4 Å². The Balaban J connectivity index is 1.50. The number of nitrogens with zero attached hydrogens (tertiary/aromatic N) is 2. The summed E-state index contributed by atoms with van der Waals surface area (Å²) < 4.78 is 0. The first-order valence-corrected chi connectivity index (χ1v) is 7.56. The van der Waals surface area contributed by atoms with Crippen LogP contribution in [0.25, 0.3) is 0 Å². The molecule has 1 heterocycles. The lowest BCUT2D eigenvalue weighted by molar-refractivity contribution is -0.132. The summed E-state index contributed by atoms with van der Waals surface area (Å²) in [5, 5.41) is 0. The summed E-state index contributed by atoms with van der Waals surface area (Å²) in [6.45, 7) is 4.99. The molecule has 2 fully saturated rings. The standard InChI is InChI=1S/C16H23N3O/c17-15-4-2-1-3-14(15)11-16(20)19-9-7-18(8-10-19)12-13-5-6-13/h1-4,13H,5-12,17H2. The van der Waals surface area contributed by atoms with E-state index in [2.05, 4.69) is 4.90 Å². The number of nitrogen functional groups attached to an aromatic ring is 1. The van der Waals surface area contributed by atoms with E-state index in [0.717, 1.165) is 37.7 Å². The fraction of sp³-hybridized carbons (Fsp3) is 0.562. The van der Waals surface area contributed by atoms with Crippen LogP contribution in [-0.2, 0) is 11.2 Å². The van der Waals surface area contributed by atoms with Gasteiger partial charge in [-0.25, -0.2) is 0 Å². The minimum Gasteiger partial charge on any atom is -0.398 e. The van der Waals surface area contributed by atoms with Gasteiger partial charge in [0.2, 0.25) is 5.91 Å². The molecule has 1 aromatic rings. The predicted molar refractivity (Wildman–Crippen MR) is 80.3 cm³/mol. The van der Waals surface area contributed by atoms with Crippen molar-refractivity contribution in [3.63, 3.8) is 0 Å². The van der Waals surface area contributed by atoms with Gasteiger partial charge in [-0.2, -0.15) is 0 Å². The Kier molecular flexibility index (Phi) is 3.92. The van der Waals surface area contributed by atoms with Crippen molar-refractivity contribution in [1.29, 1.82) is 0 Å². The van der Waals surface area contributed by atoms with E-state index in [1.807, 2.05) is 29.2 Å². The van der Waals surface area contributed by atoms with Crippen molar-refractivity contribution in [2.45, 2.75) is 19.3 Å². The average Bonchev–Trinajstić information content (AvgIpc) is 3.26. The van der Waals surface area contributed by atoms with Crippen molar-refractivity contribution in [3.05, 3.63) is 29.8 Å². The molecule has 1 amide bonds. The molecule has 1 aliphatic heterocycles. The second-order valence-electron chi connectivity index (χ2n) is 6.00. The van der Waals surface area contributed by atoms with Crippen molar-refractivity contribution in [3.8, 4) is 0 Å². The van der Waals surface area contributed by atoms with Crippen molar-refractivity contribution in [1.82, 2.24) is 9.80 Å². The zero-order valence-electron chi connectivity index (χ0n) is 11.9. The number of benzene rings is 1. The predicted octanol–water partition coefficient (Wildman–Crippen LogP) is 1.37. The maximum absolute atomic E-state index is 12.3. The molecule has 0 spiro atoms. The largest absolute Gasteiger partial charge is 0.398 e. The zero-order chi connectivity index (χ0) is 13.9. The minimum absolute atomic E-state index is 0.203. The quantitative estimate of drug-likeness (QED) is 0.843. The molecule has 2 N–H and O–H groups in total. The Labute approximate surface area is 120 Å². The number of amides is 1. The van der Waals surface area contributed by atoms with Gasteiger partial charge >= 0.3 is 0 Å². The summed E-state index contributed by atoms with van der Waals surface area (Å²) in [4.78, 5) is 16.8. The lowest BCUT2D eigenvalue weighted by Gasteiger charge is -2.35. The maximum Gasteiger partial charge on any atom is 0.227 e. The Morgan fingerprint density at radius 2 is 1.85 bits per heavy atom. The van der Waals surface area contributed by atoms with Gasteiger partial charge in [-0.1, -0.05) is 18.2 Å². The number of piperazine rings is 1. The molecule has 4 nitrogen and oxygen atoms in total. The molecular weight excluding hydrogens is 250 g/mol. The normalized spacial score (nSPS) is 20.1. The fourth-order valence-corrected chi connectivity index (χ4v) is 2.82. The van der Waals surface area contributed by atoms with Gasteiger partial charge in [0, 0.05) is 38.4 Å². The number of hydrogen-bond donors (Lipinski definition) is 1. The summed E-state index contributed by atoms with van der Waals surface area (Å²) >= 11 is 0. The molecule has 0 radical (unpaired) electrons. The van der Waals surface area contributed by atoms with E-state index in [-0.39, 0.29) is 5.91 Å². The number of anilines is 1. The van der Waals surface area contributed by atoms with Crippen LogP contribution in [0.15, 0.2) is 24.3 Å². The number of hydrogen-bond acceptors (Lipinski definition) is 3. The van der Waals surface area contributed by atoms with E-state index in [9.17, 15) is 4.79 Å². The third kappa shape index (κ3) is 3.31. The Bertz CT molecular complexity index is 476. The Hall–Kier alpha value is -1.55. The number of nitrogens with two attached hydrogens (primary N) is 1. The average molecular weight is 273 g/mol. The van der Waals surface area contributed by atoms with E-state index >= 15 is 0 Å². The molecule has 20 heavy (non-hydrogen) atoms. The van der Waals surface area contributed by atoms with Crippen molar-refractivity contribution in [2.75, 3.05) is 38.5 Å². The molecular formula is C16H23N3O. The van der Waals surface area contributed by atoms with E-state index < -0.39 is 0 Å². The van der Waals surface area contributed by atoms with Crippen LogP contribution in [0.1, 0.15) is 18.4 Å². The zero-order valence-corrected chi connectivity index (χ0v) is 11.9. The molecule has 0 bridgehead atoms. The van der Waals surface area contributed by atoms with Crippen LogP contribution in [0.4, 0.5) is 5.69 Å². The highest BCUT2D eigenvalue weighted by Crippen LogP contribution is 2.29. The molecule has 4 heteroatoms. The SMILES string of the molecule is Nc1ccccc1CC(=O)N1CCN(CC2CC2)CC1. The molecule has 1 saturated carbocycles. The van der Waals surface area contributed by atoms with Crippen molar-refractivity contribution in [2.24, 2.45) is 5.92 Å². The van der Waals surface area contributed by atoms with Gasteiger partial charge in [0.05, 0.1) is 6.42 Å². The lowest BCUT2D eigenvalue weighted by Crippen LogP contribution is -2.49. The van der Waals surface area contributed by atoms with Crippen LogP contribution in [0.3, 0.4) is 0 Å². The highest BCUT2D eigenvalue weighted by Gasteiger charge is 2.27. The molecule has 0 unspecified atom stereocenters. The minimum atomic E-state index is 0.203. The van der Waals surface area contributed by atoms with Gasteiger partial charge in [-0.05, 0) is 30.4 Å². The fourth-order valence-electron chi connectivity index (χ4n) is 2.82. The summed E-state index contributed by atoms with van der Waals surface area (Å²) in [6, 6.07) is 7.64. The molecule has 1 aliphatic carbocycles. The third-order valence-electron chi connectivity index (χ3n) is 4.34. The van der Waals surface area contributed by atoms with Crippen LogP contribution in [0.5, 0.6) is 0 Å². The van der Waals surface area contributed by atoms with Gasteiger partial charge < -0.3 is 10.6 Å². The van der Waals surface area contributed by atoms with Gasteiger partial charge in [-0.3, -0.25) is 9.69 Å². The van der Waals surface area contributed by atoms with E-state index in [4.69, 9.17) is 5.73 Å². The second kappa shape index (κ2) is 5.83. The van der Waals surface area contributed by atoms with Crippen molar-refractivity contribution >= 4 is 11.6 Å². The number of para-hydroxylation sites is 1. The number of rotatable bonds is 4. The first kappa shape index (κ1) is 13.4. The third-order valence-corrected chi connectivity index (χ3v) is 4.34. The van der Waals surface area contributed by atoms with E-state index in [1.54, 1.807) is 0 Å². The van der Waals surface area contributed by atoms with Crippen LogP contribution < -0.4 is 5.73 Å². The summed E-state index contributed by atoms with van der Waals surface area (Å²) in [6.07, 6.45) is 3.22. The van der Waals surface area contributed by atoms with Gasteiger partial charge in [0.1, 0.15) is 0 Å². The van der Waals surface area contributed by atoms with E-state index in [0.29, 0.717) is 12.1 Å². The molecule has 108 valence electrons. The van der Waals surface area contributed by atoms with Crippen LogP contribution in [0, 0.1) is 5.92 Å². The topological polar surface area (TPSA) is 49.6 Å². The lowest BCUT2D eigenvalue weighted by atomic mass is 10.1. The van der Waals surface area contributed by atoms with Crippen LogP contribution >= 0.6 is 0 Å². The smallest absolute Gasteiger partial charge is 0.227 e. The molecule has 3 rings (SSSR count). The molecule has 1 aromatic carbocycles. The Morgan fingerprint density at radius 3 is 2.50 bits per heavy atom. The van der Waals surface area contributed by atoms with Crippen LogP contribution in [0.2, 0.25) is 0 Å². The highest BCUT2D eigenvalue weighted by molar-refractivity contribution is 5.80. The summed E-state index contributed by atoms with van der Waals surface area (Å²) in [7, 11) is 0. The number of carbonyl (C=O) groups is 1. The van der Waals surface area contributed by atoms with Gasteiger partial charge in [0.15, 0.2) is 0 Å². The van der Waals surface area contributed by atoms with E-state index in [1.165, 1.54) is 19.4 Å². The summed E-state index contributed by atoms with van der Waals surface area (Å²) in [5.74, 6) is 1.13. The summed E-state index contributed by atoms with van der Waals surface area (Å²) in [5.41, 5.74) is 7.56. The first-order chi connectivity index (χ1) is 9.72. The molecule has 2 aliphatic rings. The Morgan fingerprint density at radius 1 is 1.15 bits per heavy atom. The molecule has 1 saturated heterocycles. The van der Waals surface area contributed by atoms with Crippen molar-refractivity contribution < 1.29 is 4.79 Å². The maximum atomic E-state index is 12.3. The second-order valence-corrected chi connectivity index (χ2v) is 6.00. The highest BCUT2D eigenvalue weighted by atomic mass is 16.2. The van der Waals surface area contributed by atoms with Gasteiger partial charge in [0.25, 0.3) is 0 Å². The number of carbonyl (C=O) groups excluding carboxylic acids is 1. The first-order valence-electron chi connectivity index (χ1n) is 7.56. The molecule has 0 aromatic heterocycles.